The van der Waals surface area contributed by atoms with E-state index < -0.39 is 0 Å². The highest BCUT2D eigenvalue weighted by atomic mass is 16.5. The van der Waals surface area contributed by atoms with Gasteiger partial charge in [0.2, 0.25) is 0 Å². The summed E-state index contributed by atoms with van der Waals surface area (Å²) in [5.74, 6) is -0.104. The molecule has 0 amide bonds. The van der Waals surface area contributed by atoms with Gasteiger partial charge in [-0.05, 0) is 26.7 Å². The Balaban J connectivity index is 1.97. The highest BCUT2D eigenvalue weighted by molar-refractivity contribution is 5.76. The van der Waals surface area contributed by atoms with Crippen LogP contribution in [0.25, 0.3) is 0 Å². The fraction of sp³-hybridized carbons (Fsp3) is 0.909. The molecule has 2 fully saturated rings. The number of carbonyl (C=O) groups excluding carboxylic acids is 1. The Morgan fingerprint density at radius 2 is 2.20 bits per heavy atom. The lowest BCUT2D eigenvalue weighted by molar-refractivity contribution is -0.154. The quantitative estimate of drug-likeness (QED) is 0.636. The maximum atomic E-state index is 11.4. The van der Waals surface area contributed by atoms with Crippen LogP contribution in [-0.4, -0.2) is 48.8 Å². The Morgan fingerprint density at radius 3 is 2.60 bits per heavy atom. The van der Waals surface area contributed by atoms with Crippen molar-refractivity contribution in [3.05, 3.63) is 0 Å². The van der Waals surface area contributed by atoms with Gasteiger partial charge in [-0.2, -0.15) is 0 Å². The number of methoxy groups -OCH3 is 1. The lowest BCUT2D eigenvalue weighted by Crippen LogP contribution is -2.58. The second-order valence-electron chi connectivity index (χ2n) is 4.52. The topological polar surface area (TPSA) is 38.8 Å². The molecule has 0 spiro atoms. The largest absolute Gasteiger partial charge is 0.468 e. The number of ether oxygens (including phenoxy) is 2. The second-order valence-corrected chi connectivity index (χ2v) is 4.52. The summed E-state index contributed by atoms with van der Waals surface area (Å²) < 4.78 is 10.5. The van der Waals surface area contributed by atoms with Gasteiger partial charge < -0.3 is 9.47 Å². The second kappa shape index (κ2) is 4.10. The highest BCUT2D eigenvalue weighted by Crippen LogP contribution is 2.31. The number of hydrogen-bond donors (Lipinski definition) is 0. The van der Waals surface area contributed by atoms with Gasteiger partial charge in [0.05, 0.1) is 19.3 Å². The fourth-order valence-electron chi connectivity index (χ4n) is 2.64. The van der Waals surface area contributed by atoms with Gasteiger partial charge in [-0.25, -0.2) is 0 Å². The summed E-state index contributed by atoms with van der Waals surface area (Å²) in [7, 11) is 1.45. The Labute approximate surface area is 90.5 Å². The van der Waals surface area contributed by atoms with E-state index in [0.717, 1.165) is 19.4 Å². The molecule has 0 aromatic heterocycles. The molecule has 0 bridgehead atoms. The zero-order valence-electron chi connectivity index (χ0n) is 9.60. The molecule has 4 unspecified atom stereocenters. The highest BCUT2D eigenvalue weighted by Gasteiger charge is 2.44. The lowest BCUT2D eigenvalue weighted by Gasteiger charge is -2.43. The predicted octanol–water partition coefficient (Wildman–Crippen LogP) is 0.800. The van der Waals surface area contributed by atoms with Gasteiger partial charge in [0, 0.05) is 12.6 Å². The molecule has 15 heavy (non-hydrogen) atoms. The lowest BCUT2D eigenvalue weighted by atomic mass is 9.96. The van der Waals surface area contributed by atoms with Crippen LogP contribution in [0.2, 0.25) is 0 Å². The van der Waals surface area contributed by atoms with Crippen molar-refractivity contribution >= 4 is 5.97 Å². The van der Waals surface area contributed by atoms with Crippen LogP contribution in [0.4, 0.5) is 0 Å². The van der Waals surface area contributed by atoms with Crippen LogP contribution in [0, 0.1) is 0 Å². The summed E-state index contributed by atoms with van der Waals surface area (Å²) in [6, 6.07) is 0.356. The minimum atomic E-state index is -0.104. The smallest absolute Gasteiger partial charge is 0.323 e. The van der Waals surface area contributed by atoms with Crippen LogP contribution in [0.1, 0.15) is 26.7 Å². The van der Waals surface area contributed by atoms with Crippen LogP contribution < -0.4 is 0 Å². The molecule has 2 aliphatic heterocycles. The molecule has 4 nitrogen and oxygen atoms in total. The molecular formula is C11H19NO3. The van der Waals surface area contributed by atoms with Crippen molar-refractivity contribution in [2.24, 2.45) is 0 Å². The van der Waals surface area contributed by atoms with Gasteiger partial charge in [0.15, 0.2) is 0 Å². The molecule has 0 radical (unpaired) electrons. The number of carbonyl (C=O) groups is 1. The molecule has 2 aliphatic rings. The summed E-state index contributed by atoms with van der Waals surface area (Å²) in [5, 5.41) is 0. The number of rotatable bonds is 2. The Kier molecular flexibility index (Phi) is 2.98. The molecule has 4 atom stereocenters. The standard InChI is InChI=1S/C11H19NO3/c1-7-6-10(8(2)15-7)12-5-4-9(12)11(13)14-3/h7-10H,4-6H2,1-3H3. The summed E-state index contributed by atoms with van der Waals surface area (Å²) >= 11 is 0. The molecule has 4 heteroatoms. The average Bonchev–Trinajstić information content (AvgIpc) is 2.44. The number of likely N-dealkylation sites (tertiary alicyclic amines) is 1. The van der Waals surface area contributed by atoms with E-state index in [-0.39, 0.29) is 18.1 Å². The van der Waals surface area contributed by atoms with E-state index in [0.29, 0.717) is 12.1 Å². The van der Waals surface area contributed by atoms with Gasteiger partial charge in [-0.1, -0.05) is 0 Å². The van der Waals surface area contributed by atoms with Gasteiger partial charge >= 0.3 is 5.97 Å². The van der Waals surface area contributed by atoms with Crippen molar-refractivity contribution in [3.63, 3.8) is 0 Å². The minimum Gasteiger partial charge on any atom is -0.468 e. The third-order valence-electron chi connectivity index (χ3n) is 3.52. The van der Waals surface area contributed by atoms with Gasteiger partial charge in [-0.15, -0.1) is 0 Å². The normalized spacial score (nSPS) is 41.3. The molecular weight excluding hydrogens is 194 g/mol. The van der Waals surface area contributed by atoms with Crippen LogP contribution in [0.3, 0.4) is 0 Å². The summed E-state index contributed by atoms with van der Waals surface area (Å²) in [6.07, 6.45) is 2.48. The fourth-order valence-corrected chi connectivity index (χ4v) is 2.64. The van der Waals surface area contributed by atoms with Crippen molar-refractivity contribution < 1.29 is 14.3 Å². The number of hydrogen-bond acceptors (Lipinski definition) is 4. The van der Waals surface area contributed by atoms with Crippen LogP contribution in [0.15, 0.2) is 0 Å². The van der Waals surface area contributed by atoms with Crippen LogP contribution >= 0.6 is 0 Å². The first kappa shape index (κ1) is 10.9. The Hall–Kier alpha value is -0.610. The summed E-state index contributed by atoms with van der Waals surface area (Å²) in [4.78, 5) is 13.7. The van der Waals surface area contributed by atoms with Crippen molar-refractivity contribution in [3.8, 4) is 0 Å². The first-order valence-corrected chi connectivity index (χ1v) is 5.62. The first-order valence-electron chi connectivity index (χ1n) is 5.62. The number of esters is 1. The van der Waals surface area contributed by atoms with Crippen LogP contribution in [0.5, 0.6) is 0 Å². The maximum absolute atomic E-state index is 11.4. The average molecular weight is 213 g/mol. The monoisotopic (exact) mass is 213 g/mol. The van der Waals surface area contributed by atoms with Gasteiger partial charge in [0.1, 0.15) is 6.04 Å². The zero-order chi connectivity index (χ0) is 11.0. The summed E-state index contributed by atoms with van der Waals surface area (Å²) in [6.45, 7) is 5.16. The van der Waals surface area contributed by atoms with E-state index in [4.69, 9.17) is 9.47 Å². The minimum absolute atomic E-state index is 0.0312. The molecule has 0 aromatic rings. The van der Waals surface area contributed by atoms with E-state index in [1.165, 1.54) is 7.11 Å². The van der Waals surface area contributed by atoms with E-state index in [1.807, 2.05) is 0 Å². The maximum Gasteiger partial charge on any atom is 0.323 e. The van der Waals surface area contributed by atoms with E-state index >= 15 is 0 Å². The third-order valence-corrected chi connectivity index (χ3v) is 3.52. The van der Waals surface area contributed by atoms with Gasteiger partial charge in [-0.3, -0.25) is 9.69 Å². The molecule has 2 heterocycles. The molecule has 2 saturated heterocycles. The first-order chi connectivity index (χ1) is 7.13. The molecule has 0 aromatic carbocycles. The number of nitrogens with zero attached hydrogens (tertiary/aromatic N) is 1. The predicted molar refractivity (Wildman–Crippen MR) is 55.5 cm³/mol. The molecule has 2 rings (SSSR count). The van der Waals surface area contributed by atoms with Crippen molar-refractivity contribution in [1.29, 1.82) is 0 Å². The van der Waals surface area contributed by atoms with Crippen molar-refractivity contribution in [1.82, 2.24) is 4.90 Å². The molecule has 0 saturated carbocycles. The van der Waals surface area contributed by atoms with Gasteiger partial charge in [0.25, 0.3) is 0 Å². The van der Waals surface area contributed by atoms with Crippen molar-refractivity contribution in [2.45, 2.75) is 51.0 Å². The van der Waals surface area contributed by atoms with Crippen molar-refractivity contribution in [2.75, 3.05) is 13.7 Å². The molecule has 86 valence electrons. The van der Waals surface area contributed by atoms with Crippen LogP contribution in [-0.2, 0) is 14.3 Å². The SMILES string of the molecule is COC(=O)C1CCN1C1CC(C)OC1C. The zero-order valence-corrected chi connectivity index (χ0v) is 9.60. The van der Waals surface area contributed by atoms with E-state index in [9.17, 15) is 4.79 Å². The van der Waals surface area contributed by atoms with E-state index in [1.54, 1.807) is 0 Å². The third kappa shape index (κ3) is 1.88. The molecule has 0 N–H and O–H groups in total. The molecule has 0 aliphatic carbocycles. The Bertz CT molecular complexity index is 256. The van der Waals surface area contributed by atoms with E-state index in [2.05, 4.69) is 18.7 Å². The Morgan fingerprint density at radius 1 is 1.47 bits per heavy atom. The summed E-state index contributed by atoms with van der Waals surface area (Å²) in [5.41, 5.74) is 0.